The van der Waals surface area contributed by atoms with Crippen LogP contribution in [0.5, 0.6) is 0 Å². The van der Waals surface area contributed by atoms with Crippen molar-refractivity contribution >= 4 is 39.2 Å². The Morgan fingerprint density at radius 2 is 2.20 bits per heavy atom. The van der Waals surface area contributed by atoms with E-state index < -0.39 is 0 Å². The minimum absolute atomic E-state index is 0.0498. The van der Waals surface area contributed by atoms with Crippen LogP contribution in [0.25, 0.3) is 10.2 Å². The van der Waals surface area contributed by atoms with E-state index in [9.17, 15) is 4.79 Å². The molecule has 2 aromatic rings. The lowest BCUT2D eigenvalue weighted by atomic mass is 10.2. The summed E-state index contributed by atoms with van der Waals surface area (Å²) in [5.41, 5.74) is 2.41. The van der Waals surface area contributed by atoms with Crippen molar-refractivity contribution in [2.75, 3.05) is 12.0 Å². The number of amides is 1. The van der Waals surface area contributed by atoms with Gasteiger partial charge >= 0.3 is 0 Å². The van der Waals surface area contributed by atoms with Crippen molar-refractivity contribution in [1.82, 2.24) is 4.57 Å². The minimum atomic E-state index is -0.0593. The molecule has 0 saturated carbocycles. The molecule has 2 rings (SSSR count). The Kier molecular flexibility index (Phi) is 5.05. The van der Waals surface area contributed by atoms with Crippen LogP contribution in [0.2, 0.25) is 0 Å². The van der Waals surface area contributed by atoms with Gasteiger partial charge in [0.1, 0.15) is 0 Å². The van der Waals surface area contributed by atoms with Gasteiger partial charge in [0.05, 0.1) is 10.2 Å². The van der Waals surface area contributed by atoms with Crippen LogP contribution in [-0.4, -0.2) is 22.5 Å². The smallest absolute Gasteiger partial charge is 0.250 e. The average Bonchev–Trinajstić information content (AvgIpc) is 2.72. The van der Waals surface area contributed by atoms with E-state index in [0.29, 0.717) is 0 Å². The summed E-state index contributed by atoms with van der Waals surface area (Å²) in [5.74, 6) is 0.907. The monoisotopic (exact) mass is 308 g/mol. The first kappa shape index (κ1) is 15.3. The SMILES string of the molecule is CSCCn1c(=NC(=O)C(C)C)sc2cc(C)ccc21. The lowest BCUT2D eigenvalue weighted by molar-refractivity contribution is -0.120. The first-order valence-electron chi connectivity index (χ1n) is 6.70. The lowest BCUT2D eigenvalue weighted by Crippen LogP contribution is -2.19. The third-order valence-corrected chi connectivity index (χ3v) is 4.69. The van der Waals surface area contributed by atoms with Crippen LogP contribution in [0.1, 0.15) is 19.4 Å². The van der Waals surface area contributed by atoms with Gasteiger partial charge in [0.25, 0.3) is 5.91 Å². The zero-order valence-corrected chi connectivity index (χ0v) is 14.0. The van der Waals surface area contributed by atoms with Gasteiger partial charge < -0.3 is 4.57 Å². The summed E-state index contributed by atoms with van der Waals surface area (Å²) >= 11 is 3.40. The quantitative estimate of drug-likeness (QED) is 0.867. The van der Waals surface area contributed by atoms with Gasteiger partial charge in [0, 0.05) is 18.2 Å². The number of nitrogens with zero attached hydrogens (tertiary/aromatic N) is 2. The van der Waals surface area contributed by atoms with Gasteiger partial charge in [-0.1, -0.05) is 31.3 Å². The normalized spacial score (nSPS) is 12.6. The van der Waals surface area contributed by atoms with Gasteiger partial charge in [-0.15, -0.1) is 0 Å². The second kappa shape index (κ2) is 6.59. The van der Waals surface area contributed by atoms with E-state index in [4.69, 9.17) is 0 Å². The Balaban J connectivity index is 2.59. The predicted octanol–water partition coefficient (Wildman–Crippen LogP) is 3.46. The van der Waals surface area contributed by atoms with Crippen molar-refractivity contribution < 1.29 is 4.79 Å². The molecule has 0 N–H and O–H groups in total. The van der Waals surface area contributed by atoms with Gasteiger partial charge in [-0.2, -0.15) is 16.8 Å². The number of thioether (sulfide) groups is 1. The lowest BCUT2D eigenvalue weighted by Gasteiger charge is -2.04. The second-order valence-electron chi connectivity index (χ2n) is 5.10. The van der Waals surface area contributed by atoms with Gasteiger partial charge in [0.2, 0.25) is 0 Å². The van der Waals surface area contributed by atoms with Crippen LogP contribution in [-0.2, 0) is 11.3 Å². The van der Waals surface area contributed by atoms with E-state index in [-0.39, 0.29) is 11.8 Å². The maximum Gasteiger partial charge on any atom is 0.250 e. The van der Waals surface area contributed by atoms with Gasteiger partial charge in [-0.05, 0) is 30.9 Å². The number of hydrogen-bond donors (Lipinski definition) is 0. The molecule has 0 aliphatic carbocycles. The Hall–Kier alpha value is -1.07. The molecule has 0 unspecified atom stereocenters. The zero-order valence-electron chi connectivity index (χ0n) is 12.3. The molecule has 0 spiro atoms. The fraction of sp³-hybridized carbons (Fsp3) is 0.467. The van der Waals surface area contributed by atoms with Crippen molar-refractivity contribution in [3.05, 3.63) is 28.6 Å². The second-order valence-corrected chi connectivity index (χ2v) is 7.10. The summed E-state index contributed by atoms with van der Waals surface area (Å²) in [4.78, 5) is 17.0. The molecule has 0 aliphatic heterocycles. The van der Waals surface area contributed by atoms with E-state index in [1.54, 1.807) is 23.1 Å². The summed E-state index contributed by atoms with van der Waals surface area (Å²) < 4.78 is 3.36. The highest BCUT2D eigenvalue weighted by molar-refractivity contribution is 7.98. The molecule has 5 heteroatoms. The highest BCUT2D eigenvalue weighted by Crippen LogP contribution is 2.19. The number of benzene rings is 1. The zero-order chi connectivity index (χ0) is 14.7. The van der Waals surface area contributed by atoms with Crippen LogP contribution in [0.3, 0.4) is 0 Å². The summed E-state index contributed by atoms with van der Waals surface area (Å²) in [6.45, 7) is 6.74. The largest absolute Gasteiger partial charge is 0.316 e. The molecule has 3 nitrogen and oxygen atoms in total. The Morgan fingerprint density at radius 3 is 2.85 bits per heavy atom. The molecule has 0 atom stereocenters. The van der Waals surface area contributed by atoms with E-state index >= 15 is 0 Å². The maximum atomic E-state index is 11.9. The number of carbonyl (C=O) groups excluding carboxylic acids is 1. The molecule has 108 valence electrons. The van der Waals surface area contributed by atoms with Gasteiger partial charge in [-0.25, -0.2) is 0 Å². The van der Waals surface area contributed by atoms with Crippen molar-refractivity contribution in [1.29, 1.82) is 0 Å². The topological polar surface area (TPSA) is 34.4 Å². The van der Waals surface area contributed by atoms with E-state index in [1.807, 2.05) is 13.8 Å². The van der Waals surface area contributed by atoms with Crippen LogP contribution < -0.4 is 4.80 Å². The molecule has 20 heavy (non-hydrogen) atoms. The van der Waals surface area contributed by atoms with Gasteiger partial charge in [0.15, 0.2) is 4.80 Å². The van der Waals surface area contributed by atoms with E-state index in [1.165, 1.54) is 15.8 Å². The molecular formula is C15H20N2OS2. The first-order valence-corrected chi connectivity index (χ1v) is 8.91. The van der Waals surface area contributed by atoms with Crippen molar-refractivity contribution in [2.24, 2.45) is 10.9 Å². The molecule has 1 aromatic heterocycles. The third-order valence-electron chi connectivity index (χ3n) is 3.06. The number of thiazole rings is 1. The highest BCUT2D eigenvalue weighted by atomic mass is 32.2. The van der Waals surface area contributed by atoms with Crippen molar-refractivity contribution in [3.63, 3.8) is 0 Å². The van der Waals surface area contributed by atoms with Crippen LogP contribution in [0.4, 0.5) is 0 Å². The Labute approximate surface area is 127 Å². The van der Waals surface area contributed by atoms with Crippen LogP contribution >= 0.6 is 23.1 Å². The predicted molar refractivity (Wildman–Crippen MR) is 88.3 cm³/mol. The number of fused-ring (bicyclic) bond motifs is 1. The van der Waals surface area contributed by atoms with Crippen LogP contribution in [0, 0.1) is 12.8 Å². The number of rotatable bonds is 4. The first-order chi connectivity index (χ1) is 9.52. The summed E-state index contributed by atoms with van der Waals surface area (Å²) in [6.07, 6.45) is 2.09. The summed E-state index contributed by atoms with van der Waals surface area (Å²) in [5, 5.41) is 0. The summed E-state index contributed by atoms with van der Waals surface area (Å²) in [6, 6.07) is 6.40. The Bertz CT molecular complexity index is 683. The number of hydrogen-bond acceptors (Lipinski definition) is 3. The molecule has 0 fully saturated rings. The molecule has 0 saturated heterocycles. The maximum absolute atomic E-state index is 11.9. The van der Waals surface area contributed by atoms with Gasteiger partial charge in [-0.3, -0.25) is 4.79 Å². The molecule has 0 aliphatic rings. The Morgan fingerprint density at radius 1 is 1.45 bits per heavy atom. The fourth-order valence-corrected chi connectivity index (χ4v) is 3.41. The van der Waals surface area contributed by atoms with E-state index in [0.717, 1.165) is 17.1 Å². The number of carbonyl (C=O) groups is 1. The van der Waals surface area contributed by atoms with Crippen molar-refractivity contribution in [2.45, 2.75) is 27.3 Å². The van der Waals surface area contributed by atoms with Crippen LogP contribution in [0.15, 0.2) is 23.2 Å². The summed E-state index contributed by atoms with van der Waals surface area (Å²) in [7, 11) is 0. The molecule has 1 aromatic carbocycles. The molecule has 0 radical (unpaired) electrons. The highest BCUT2D eigenvalue weighted by Gasteiger charge is 2.09. The number of aromatic nitrogens is 1. The molecular weight excluding hydrogens is 288 g/mol. The average molecular weight is 308 g/mol. The molecule has 1 heterocycles. The van der Waals surface area contributed by atoms with Crippen molar-refractivity contribution in [3.8, 4) is 0 Å². The fourth-order valence-electron chi connectivity index (χ4n) is 1.89. The molecule has 1 amide bonds. The standard InChI is InChI=1S/C15H20N2OS2/c1-10(2)14(18)16-15-17(7-8-19-4)12-6-5-11(3)9-13(12)20-15/h5-6,9-10H,7-8H2,1-4H3. The minimum Gasteiger partial charge on any atom is -0.316 e. The van der Waals surface area contributed by atoms with E-state index in [2.05, 4.69) is 40.9 Å². The number of aryl methyl sites for hydroxylation is 2. The third kappa shape index (κ3) is 3.33. The molecule has 0 bridgehead atoms.